The predicted octanol–water partition coefficient (Wildman–Crippen LogP) is 2.12. The first-order valence-corrected chi connectivity index (χ1v) is 6.06. The minimum Gasteiger partial charge on any atom is -0.454 e. The summed E-state index contributed by atoms with van der Waals surface area (Å²) in [7, 11) is 0. The van der Waals surface area contributed by atoms with Crippen molar-refractivity contribution in [3.8, 4) is 11.5 Å². The second-order valence-electron chi connectivity index (χ2n) is 3.98. The zero-order valence-corrected chi connectivity index (χ0v) is 11.1. The molecule has 7 nitrogen and oxygen atoms in total. The Morgan fingerprint density at radius 3 is 3.00 bits per heavy atom. The van der Waals surface area contributed by atoms with Gasteiger partial charge >= 0.3 is 5.97 Å². The normalized spacial score (nSPS) is 12.5. The lowest BCUT2D eigenvalue weighted by Crippen LogP contribution is -2.05. The van der Waals surface area contributed by atoms with Gasteiger partial charge in [0.05, 0.1) is 10.6 Å². The van der Waals surface area contributed by atoms with E-state index in [2.05, 4.69) is 10.2 Å². The molecule has 0 saturated carbocycles. The molecule has 1 aromatic carbocycles. The molecule has 0 fully saturated rings. The highest BCUT2D eigenvalue weighted by Crippen LogP contribution is 2.39. The van der Waals surface area contributed by atoms with Gasteiger partial charge < -0.3 is 18.6 Å². The summed E-state index contributed by atoms with van der Waals surface area (Å²) in [5, 5.41) is 7.65. The summed E-state index contributed by atoms with van der Waals surface area (Å²) in [6.07, 6.45) is 0. The van der Waals surface area contributed by atoms with Gasteiger partial charge in [-0.1, -0.05) is 11.6 Å². The molecule has 0 amide bonds. The van der Waals surface area contributed by atoms with E-state index < -0.39 is 5.97 Å². The van der Waals surface area contributed by atoms with Crippen molar-refractivity contribution in [3.05, 3.63) is 34.5 Å². The van der Waals surface area contributed by atoms with Gasteiger partial charge in [0.25, 0.3) is 5.89 Å². The molecule has 3 rings (SSSR count). The van der Waals surface area contributed by atoms with Crippen LogP contribution in [0.3, 0.4) is 0 Å². The maximum Gasteiger partial charge on any atom is 0.338 e. The zero-order valence-electron chi connectivity index (χ0n) is 10.4. The lowest BCUT2D eigenvalue weighted by Gasteiger charge is -2.04. The first kappa shape index (κ1) is 12.7. The van der Waals surface area contributed by atoms with Crippen LogP contribution in [-0.4, -0.2) is 23.0 Å². The molecule has 0 spiro atoms. The summed E-state index contributed by atoms with van der Waals surface area (Å²) in [5.74, 6) is 0.903. The fourth-order valence-corrected chi connectivity index (χ4v) is 1.96. The van der Waals surface area contributed by atoms with Gasteiger partial charge in [0.1, 0.15) is 0 Å². The smallest absolute Gasteiger partial charge is 0.338 e. The molecule has 1 aliphatic heterocycles. The van der Waals surface area contributed by atoms with E-state index in [-0.39, 0.29) is 24.9 Å². The second kappa shape index (κ2) is 5.01. The van der Waals surface area contributed by atoms with Gasteiger partial charge in [0.15, 0.2) is 18.1 Å². The van der Waals surface area contributed by atoms with Gasteiger partial charge in [-0.15, -0.1) is 10.2 Å². The fourth-order valence-electron chi connectivity index (χ4n) is 1.69. The van der Waals surface area contributed by atoms with Crippen LogP contribution in [0.15, 0.2) is 16.5 Å². The van der Waals surface area contributed by atoms with Crippen LogP contribution in [0.1, 0.15) is 22.1 Å². The molecule has 0 radical (unpaired) electrons. The monoisotopic (exact) mass is 296 g/mol. The molecule has 0 atom stereocenters. The number of nitrogens with zero attached hydrogens (tertiary/aromatic N) is 2. The molecular formula is C12H9ClN2O5. The quantitative estimate of drug-likeness (QED) is 0.802. The highest BCUT2D eigenvalue weighted by Gasteiger charge is 2.21. The minimum atomic E-state index is -0.568. The van der Waals surface area contributed by atoms with Crippen molar-refractivity contribution in [2.24, 2.45) is 0 Å². The second-order valence-corrected chi connectivity index (χ2v) is 4.39. The number of aryl methyl sites for hydroxylation is 1. The number of fused-ring (bicyclic) bond motifs is 1. The average Bonchev–Trinajstić information content (AvgIpc) is 3.04. The Bertz CT molecular complexity index is 670. The molecule has 0 unspecified atom stereocenters. The van der Waals surface area contributed by atoms with Crippen molar-refractivity contribution >= 4 is 17.6 Å². The molecule has 0 N–H and O–H groups in total. The summed E-state index contributed by atoms with van der Waals surface area (Å²) in [5.41, 5.74) is 0.260. The molecule has 1 aromatic heterocycles. The van der Waals surface area contributed by atoms with Gasteiger partial charge in [-0.2, -0.15) is 0 Å². The molecule has 2 heterocycles. The number of carbonyl (C=O) groups is 1. The molecule has 0 bridgehead atoms. The van der Waals surface area contributed by atoms with E-state index in [1.54, 1.807) is 6.92 Å². The summed E-state index contributed by atoms with van der Waals surface area (Å²) in [6.45, 7) is 1.62. The zero-order chi connectivity index (χ0) is 14.1. The lowest BCUT2D eigenvalue weighted by atomic mass is 10.2. The Morgan fingerprint density at radius 1 is 1.40 bits per heavy atom. The Morgan fingerprint density at radius 2 is 2.25 bits per heavy atom. The van der Waals surface area contributed by atoms with Gasteiger partial charge in [-0.25, -0.2) is 4.79 Å². The first-order valence-electron chi connectivity index (χ1n) is 5.69. The molecule has 0 saturated heterocycles. The van der Waals surface area contributed by atoms with Crippen LogP contribution in [0, 0.1) is 6.92 Å². The number of hydrogen-bond acceptors (Lipinski definition) is 7. The van der Waals surface area contributed by atoms with E-state index in [4.69, 9.17) is 30.2 Å². The third-order valence-corrected chi connectivity index (χ3v) is 2.84. The lowest BCUT2D eigenvalue weighted by molar-refractivity contribution is 0.0436. The van der Waals surface area contributed by atoms with Gasteiger partial charge in [-0.3, -0.25) is 0 Å². The number of carbonyl (C=O) groups excluding carboxylic acids is 1. The Kier molecular flexibility index (Phi) is 3.19. The van der Waals surface area contributed by atoms with Crippen molar-refractivity contribution in [2.45, 2.75) is 13.5 Å². The first-order chi connectivity index (χ1) is 9.63. The average molecular weight is 297 g/mol. The number of esters is 1. The van der Waals surface area contributed by atoms with E-state index >= 15 is 0 Å². The van der Waals surface area contributed by atoms with Crippen LogP contribution in [-0.2, 0) is 11.3 Å². The summed E-state index contributed by atoms with van der Waals surface area (Å²) in [4.78, 5) is 11.9. The maximum atomic E-state index is 11.9. The Balaban J connectivity index is 1.73. The van der Waals surface area contributed by atoms with Gasteiger partial charge in [0.2, 0.25) is 12.7 Å². The van der Waals surface area contributed by atoms with Crippen LogP contribution in [0.2, 0.25) is 5.02 Å². The standard InChI is InChI=1S/C12H9ClN2O5/c1-6-14-15-10(20-6)4-17-12(16)7-2-8(13)11-9(3-7)18-5-19-11/h2-3H,4-5H2,1H3. The topological polar surface area (TPSA) is 83.7 Å². The SMILES string of the molecule is Cc1nnc(COC(=O)c2cc(Cl)c3c(c2)OCO3)o1. The highest BCUT2D eigenvalue weighted by molar-refractivity contribution is 6.32. The minimum absolute atomic E-state index is 0.0782. The Hall–Kier alpha value is -2.28. The van der Waals surface area contributed by atoms with E-state index in [1.165, 1.54) is 12.1 Å². The van der Waals surface area contributed by atoms with Crippen molar-refractivity contribution < 1.29 is 23.4 Å². The molecular weight excluding hydrogens is 288 g/mol. The van der Waals surface area contributed by atoms with E-state index in [0.29, 0.717) is 22.4 Å². The summed E-state index contributed by atoms with van der Waals surface area (Å²) in [6, 6.07) is 2.96. The van der Waals surface area contributed by atoms with E-state index in [0.717, 1.165) is 0 Å². The van der Waals surface area contributed by atoms with Crippen LogP contribution in [0.5, 0.6) is 11.5 Å². The molecule has 20 heavy (non-hydrogen) atoms. The van der Waals surface area contributed by atoms with Crippen LogP contribution < -0.4 is 9.47 Å². The van der Waals surface area contributed by atoms with Crippen LogP contribution >= 0.6 is 11.6 Å². The summed E-state index contributed by atoms with van der Waals surface area (Å²) >= 11 is 5.99. The largest absolute Gasteiger partial charge is 0.454 e. The molecule has 1 aliphatic rings. The van der Waals surface area contributed by atoms with E-state index in [9.17, 15) is 4.79 Å². The molecule has 0 aliphatic carbocycles. The van der Waals surface area contributed by atoms with Gasteiger partial charge in [-0.05, 0) is 12.1 Å². The number of rotatable bonds is 3. The number of aromatic nitrogens is 2. The predicted molar refractivity (Wildman–Crippen MR) is 65.7 cm³/mol. The van der Waals surface area contributed by atoms with Crippen molar-refractivity contribution in [1.82, 2.24) is 10.2 Å². The number of halogens is 1. The van der Waals surface area contributed by atoms with Gasteiger partial charge in [0, 0.05) is 6.92 Å². The number of benzene rings is 1. The van der Waals surface area contributed by atoms with Crippen LogP contribution in [0.25, 0.3) is 0 Å². The van der Waals surface area contributed by atoms with Crippen molar-refractivity contribution in [1.29, 1.82) is 0 Å². The van der Waals surface area contributed by atoms with Crippen molar-refractivity contribution in [3.63, 3.8) is 0 Å². The third-order valence-electron chi connectivity index (χ3n) is 2.56. The third kappa shape index (κ3) is 2.39. The molecule has 8 heteroatoms. The highest BCUT2D eigenvalue weighted by atomic mass is 35.5. The fraction of sp³-hybridized carbons (Fsp3) is 0.250. The number of hydrogen-bond donors (Lipinski definition) is 0. The van der Waals surface area contributed by atoms with Crippen LogP contribution in [0.4, 0.5) is 0 Å². The maximum absolute atomic E-state index is 11.9. The Labute approximate surface area is 118 Å². The number of ether oxygens (including phenoxy) is 3. The van der Waals surface area contributed by atoms with Crippen molar-refractivity contribution in [2.75, 3.05) is 6.79 Å². The molecule has 2 aromatic rings. The molecule has 104 valence electrons. The summed E-state index contributed by atoms with van der Waals surface area (Å²) < 4.78 is 20.5. The van der Waals surface area contributed by atoms with E-state index in [1.807, 2.05) is 0 Å².